The molecular weight excluding hydrogens is 306 g/mol. The van der Waals surface area contributed by atoms with E-state index in [1.54, 1.807) is 0 Å². The second-order valence-corrected chi connectivity index (χ2v) is 6.08. The fourth-order valence-corrected chi connectivity index (χ4v) is 3.35. The Morgan fingerprint density at radius 2 is 1.40 bits per heavy atom. The molecule has 4 aromatic carbocycles. The molecule has 0 bridgehead atoms. The van der Waals surface area contributed by atoms with Gasteiger partial charge in [-0.2, -0.15) is 0 Å². The summed E-state index contributed by atoms with van der Waals surface area (Å²) in [6.07, 6.45) is 0. The van der Waals surface area contributed by atoms with Crippen molar-refractivity contribution in [1.29, 1.82) is 0 Å². The molecule has 0 heterocycles. The fraction of sp³-hybridized carbons (Fsp3) is 0.130. The van der Waals surface area contributed by atoms with Gasteiger partial charge in [-0.05, 0) is 35.2 Å². The summed E-state index contributed by atoms with van der Waals surface area (Å²) in [7, 11) is 0. The van der Waals surface area contributed by atoms with Crippen molar-refractivity contribution in [3.05, 3.63) is 84.4 Å². The van der Waals surface area contributed by atoms with E-state index in [1.807, 2.05) is 6.92 Å². The van der Waals surface area contributed by atoms with Crippen molar-refractivity contribution in [2.24, 2.45) is 0 Å². The van der Waals surface area contributed by atoms with Crippen LogP contribution < -0.4 is 10.1 Å². The van der Waals surface area contributed by atoms with Crippen molar-refractivity contribution in [2.75, 3.05) is 11.9 Å². The molecule has 0 radical (unpaired) electrons. The summed E-state index contributed by atoms with van der Waals surface area (Å²) >= 11 is 0. The van der Waals surface area contributed by atoms with Crippen LogP contribution in [0.3, 0.4) is 0 Å². The molecular formula is C23H21NO. The lowest BCUT2D eigenvalue weighted by Crippen LogP contribution is -2.04. The molecule has 0 spiro atoms. The highest BCUT2D eigenvalue weighted by Gasteiger charge is 2.09. The smallest absolute Gasteiger partial charge is 0.124 e. The average molecular weight is 327 g/mol. The first-order valence-electron chi connectivity index (χ1n) is 8.72. The van der Waals surface area contributed by atoms with Crippen LogP contribution in [0.15, 0.2) is 78.9 Å². The van der Waals surface area contributed by atoms with Gasteiger partial charge in [0.15, 0.2) is 0 Å². The minimum atomic E-state index is 0.666. The van der Waals surface area contributed by atoms with Gasteiger partial charge in [0.1, 0.15) is 5.75 Å². The molecule has 0 aliphatic rings. The zero-order valence-electron chi connectivity index (χ0n) is 14.3. The number of anilines is 1. The first-order valence-corrected chi connectivity index (χ1v) is 8.72. The van der Waals surface area contributed by atoms with E-state index in [4.69, 9.17) is 4.74 Å². The lowest BCUT2D eigenvalue weighted by Gasteiger charge is -2.16. The number of benzene rings is 4. The summed E-state index contributed by atoms with van der Waals surface area (Å²) in [6, 6.07) is 27.5. The molecule has 0 saturated heterocycles. The van der Waals surface area contributed by atoms with Crippen LogP contribution in [0.1, 0.15) is 12.5 Å². The molecule has 0 amide bonds. The van der Waals surface area contributed by atoms with E-state index in [-0.39, 0.29) is 0 Å². The Bertz CT molecular complexity index is 1020. The number of nitrogens with one attached hydrogen (secondary N) is 1. The van der Waals surface area contributed by atoms with Gasteiger partial charge < -0.3 is 10.1 Å². The van der Waals surface area contributed by atoms with Crippen molar-refractivity contribution in [3.8, 4) is 5.75 Å². The van der Waals surface area contributed by atoms with E-state index < -0.39 is 0 Å². The maximum Gasteiger partial charge on any atom is 0.124 e. The number of hydrogen-bond acceptors (Lipinski definition) is 2. The van der Waals surface area contributed by atoms with Crippen molar-refractivity contribution >= 4 is 27.2 Å². The van der Waals surface area contributed by atoms with Gasteiger partial charge in [-0.1, -0.05) is 66.7 Å². The molecule has 0 atom stereocenters. The second kappa shape index (κ2) is 6.86. The SMILES string of the molecule is CCOc1ccc2ccccc2c1CNc1cccc2ccccc12. The zero-order chi connectivity index (χ0) is 17.1. The molecule has 4 rings (SSSR count). The van der Waals surface area contributed by atoms with E-state index in [2.05, 4.69) is 84.2 Å². The maximum atomic E-state index is 5.88. The van der Waals surface area contributed by atoms with Gasteiger partial charge in [0.25, 0.3) is 0 Å². The highest BCUT2D eigenvalue weighted by molar-refractivity contribution is 5.94. The third-order valence-electron chi connectivity index (χ3n) is 4.54. The van der Waals surface area contributed by atoms with E-state index in [9.17, 15) is 0 Å². The molecule has 25 heavy (non-hydrogen) atoms. The van der Waals surface area contributed by atoms with Crippen molar-refractivity contribution in [3.63, 3.8) is 0 Å². The summed E-state index contributed by atoms with van der Waals surface area (Å²) < 4.78 is 5.88. The monoisotopic (exact) mass is 327 g/mol. The number of ether oxygens (including phenoxy) is 1. The summed E-state index contributed by atoms with van der Waals surface area (Å²) in [5, 5.41) is 8.57. The van der Waals surface area contributed by atoms with Crippen LogP contribution in [0.2, 0.25) is 0 Å². The molecule has 0 unspecified atom stereocenters. The first-order chi connectivity index (χ1) is 12.4. The normalized spacial score (nSPS) is 10.9. The Morgan fingerprint density at radius 1 is 0.720 bits per heavy atom. The Kier molecular flexibility index (Phi) is 4.26. The highest BCUT2D eigenvalue weighted by atomic mass is 16.5. The zero-order valence-corrected chi connectivity index (χ0v) is 14.3. The third-order valence-corrected chi connectivity index (χ3v) is 4.54. The fourth-order valence-electron chi connectivity index (χ4n) is 3.35. The van der Waals surface area contributed by atoms with Gasteiger partial charge in [0.05, 0.1) is 6.61 Å². The quantitative estimate of drug-likeness (QED) is 0.485. The number of hydrogen-bond donors (Lipinski definition) is 1. The third kappa shape index (κ3) is 3.03. The predicted octanol–water partition coefficient (Wildman–Crippen LogP) is 6.00. The summed E-state index contributed by atoms with van der Waals surface area (Å²) in [6.45, 7) is 3.42. The van der Waals surface area contributed by atoms with E-state index >= 15 is 0 Å². The molecule has 0 fully saturated rings. The van der Waals surface area contributed by atoms with Crippen LogP contribution in [0.4, 0.5) is 5.69 Å². The minimum absolute atomic E-state index is 0.666. The molecule has 0 aliphatic heterocycles. The van der Waals surface area contributed by atoms with Gasteiger partial charge in [0, 0.05) is 23.2 Å². The second-order valence-electron chi connectivity index (χ2n) is 6.08. The van der Waals surface area contributed by atoms with Crippen molar-refractivity contribution < 1.29 is 4.74 Å². The van der Waals surface area contributed by atoms with Crippen molar-refractivity contribution in [1.82, 2.24) is 0 Å². The highest BCUT2D eigenvalue weighted by Crippen LogP contribution is 2.30. The number of rotatable bonds is 5. The van der Waals surface area contributed by atoms with E-state index in [0.717, 1.165) is 18.0 Å². The minimum Gasteiger partial charge on any atom is -0.494 e. The van der Waals surface area contributed by atoms with Crippen LogP contribution in [-0.2, 0) is 6.54 Å². The topological polar surface area (TPSA) is 21.3 Å². The lowest BCUT2D eigenvalue weighted by molar-refractivity contribution is 0.337. The predicted molar refractivity (Wildman–Crippen MR) is 106 cm³/mol. The largest absolute Gasteiger partial charge is 0.494 e. The summed E-state index contributed by atoms with van der Waals surface area (Å²) in [5.41, 5.74) is 2.35. The Hall–Kier alpha value is -3.00. The molecule has 124 valence electrons. The maximum absolute atomic E-state index is 5.88. The van der Waals surface area contributed by atoms with Gasteiger partial charge in [-0.15, -0.1) is 0 Å². The molecule has 2 heteroatoms. The van der Waals surface area contributed by atoms with Crippen LogP contribution in [0.5, 0.6) is 5.75 Å². The van der Waals surface area contributed by atoms with Crippen LogP contribution in [0, 0.1) is 0 Å². The average Bonchev–Trinajstić information content (AvgIpc) is 2.67. The summed E-state index contributed by atoms with van der Waals surface area (Å²) in [4.78, 5) is 0. The molecule has 1 N–H and O–H groups in total. The van der Waals surface area contributed by atoms with Gasteiger partial charge in [-0.25, -0.2) is 0 Å². The lowest BCUT2D eigenvalue weighted by atomic mass is 10.0. The van der Waals surface area contributed by atoms with Gasteiger partial charge >= 0.3 is 0 Å². The van der Waals surface area contributed by atoms with Crippen LogP contribution in [-0.4, -0.2) is 6.61 Å². The Labute approximate surface area is 148 Å². The van der Waals surface area contributed by atoms with Crippen LogP contribution in [0.25, 0.3) is 21.5 Å². The summed E-state index contributed by atoms with van der Waals surface area (Å²) in [5.74, 6) is 0.953. The first kappa shape index (κ1) is 15.5. The van der Waals surface area contributed by atoms with Crippen molar-refractivity contribution in [2.45, 2.75) is 13.5 Å². The Morgan fingerprint density at radius 3 is 2.20 bits per heavy atom. The van der Waals surface area contributed by atoms with Gasteiger partial charge in [-0.3, -0.25) is 0 Å². The molecule has 0 saturated carbocycles. The number of fused-ring (bicyclic) bond motifs is 2. The standard InChI is InChI=1S/C23H21NO/c1-2-25-23-15-14-18-9-3-5-11-19(18)21(23)16-24-22-13-7-10-17-8-4-6-12-20(17)22/h3-15,24H,2,16H2,1H3. The molecule has 0 aliphatic carbocycles. The molecule has 0 aromatic heterocycles. The van der Waals surface area contributed by atoms with Gasteiger partial charge in [0.2, 0.25) is 0 Å². The van der Waals surface area contributed by atoms with E-state index in [1.165, 1.54) is 27.1 Å². The molecule has 4 aromatic rings. The van der Waals surface area contributed by atoms with E-state index in [0.29, 0.717) is 6.61 Å². The molecule has 2 nitrogen and oxygen atoms in total. The van der Waals surface area contributed by atoms with Crippen LogP contribution >= 0.6 is 0 Å². The Balaban J connectivity index is 1.73.